The fraction of sp³-hybridized carbons (Fsp3) is 0.647. The Morgan fingerprint density at radius 3 is 2.77 bits per heavy atom. The maximum Gasteiger partial charge on any atom is 0.255 e. The highest BCUT2D eigenvalue weighted by atomic mass is 16.2. The molecule has 5 heteroatoms. The van der Waals surface area contributed by atoms with Crippen molar-refractivity contribution in [1.29, 1.82) is 0 Å². The second kappa shape index (κ2) is 6.15. The van der Waals surface area contributed by atoms with Crippen LogP contribution in [-0.2, 0) is 4.79 Å². The Balaban J connectivity index is 1.58. The van der Waals surface area contributed by atoms with E-state index in [4.69, 9.17) is 0 Å². The van der Waals surface area contributed by atoms with Crippen molar-refractivity contribution in [2.45, 2.75) is 45.1 Å². The van der Waals surface area contributed by atoms with Crippen LogP contribution in [0.4, 0.5) is 0 Å². The van der Waals surface area contributed by atoms with Gasteiger partial charge in [0.15, 0.2) is 0 Å². The number of carbonyl (C=O) groups is 2. The molecule has 0 aromatic carbocycles. The minimum Gasteiger partial charge on any atom is -0.365 e. The molecule has 2 amide bonds. The molecule has 1 aromatic heterocycles. The third-order valence-electron chi connectivity index (χ3n) is 5.07. The highest BCUT2D eigenvalue weighted by Crippen LogP contribution is 2.29. The molecule has 1 N–H and O–H groups in total. The highest BCUT2D eigenvalue weighted by Gasteiger charge is 2.36. The summed E-state index contributed by atoms with van der Waals surface area (Å²) in [6.45, 7) is 3.37. The lowest BCUT2D eigenvalue weighted by Gasteiger charge is -2.25. The summed E-state index contributed by atoms with van der Waals surface area (Å²) in [5.41, 5.74) is 1.62. The number of nitrogens with zero attached hydrogens (tertiary/aromatic N) is 2. The lowest BCUT2D eigenvalue weighted by atomic mass is 10.1. The van der Waals surface area contributed by atoms with E-state index in [9.17, 15) is 9.59 Å². The maximum absolute atomic E-state index is 12.4. The van der Waals surface area contributed by atoms with Gasteiger partial charge in [-0.25, -0.2) is 0 Å². The van der Waals surface area contributed by atoms with Crippen LogP contribution in [0, 0.1) is 12.8 Å². The van der Waals surface area contributed by atoms with Gasteiger partial charge in [-0.05, 0) is 25.8 Å². The predicted octanol–water partition coefficient (Wildman–Crippen LogP) is 2.19. The zero-order valence-corrected chi connectivity index (χ0v) is 13.5. The molecule has 5 nitrogen and oxygen atoms in total. The molecular weight excluding hydrogens is 278 g/mol. The number of H-pyrrole nitrogens is 1. The first-order chi connectivity index (χ1) is 10.6. The molecule has 1 saturated carbocycles. The molecule has 3 rings (SSSR count). The average molecular weight is 303 g/mol. The molecule has 0 unspecified atom stereocenters. The van der Waals surface area contributed by atoms with Gasteiger partial charge in [-0.1, -0.05) is 12.8 Å². The Kier molecular flexibility index (Phi) is 4.23. The van der Waals surface area contributed by atoms with Gasteiger partial charge in [-0.15, -0.1) is 0 Å². The molecule has 1 aliphatic carbocycles. The summed E-state index contributed by atoms with van der Waals surface area (Å²) in [5, 5.41) is 0. The monoisotopic (exact) mass is 303 g/mol. The fourth-order valence-electron chi connectivity index (χ4n) is 3.86. The minimum absolute atomic E-state index is 0.0329. The quantitative estimate of drug-likeness (QED) is 0.927. The van der Waals surface area contributed by atoms with Gasteiger partial charge in [-0.2, -0.15) is 0 Å². The predicted molar refractivity (Wildman–Crippen MR) is 84.6 cm³/mol. The molecule has 0 radical (unpaired) electrons. The van der Waals surface area contributed by atoms with Gasteiger partial charge in [-0.3, -0.25) is 9.59 Å². The molecule has 1 aromatic rings. The second-order valence-electron chi connectivity index (χ2n) is 6.76. The Morgan fingerprint density at radius 1 is 1.41 bits per heavy atom. The number of nitrogens with one attached hydrogen (secondary N) is 1. The van der Waals surface area contributed by atoms with Crippen LogP contribution in [0.5, 0.6) is 0 Å². The molecule has 1 aliphatic heterocycles. The normalized spacial score (nSPS) is 22.5. The SMILES string of the molecule is Cc1[nH]ccc1C(=O)N(C)C[C@@H]1CC(=O)N(C2CCCC2)C1. The van der Waals surface area contributed by atoms with E-state index < -0.39 is 0 Å². The standard InChI is InChI=1S/C17H25N3O2/c1-12-15(7-8-18-12)17(22)19(2)10-13-9-16(21)20(11-13)14-5-3-4-6-14/h7-8,13-14,18H,3-6,9-11H2,1-2H3/t13-/m0/s1. The fourth-order valence-corrected chi connectivity index (χ4v) is 3.86. The molecular formula is C17H25N3O2. The number of amides is 2. The maximum atomic E-state index is 12.4. The number of aromatic nitrogens is 1. The van der Waals surface area contributed by atoms with E-state index in [1.807, 2.05) is 20.0 Å². The van der Waals surface area contributed by atoms with E-state index in [2.05, 4.69) is 9.88 Å². The van der Waals surface area contributed by atoms with Gasteiger partial charge in [0.05, 0.1) is 5.56 Å². The molecule has 22 heavy (non-hydrogen) atoms. The molecule has 0 bridgehead atoms. The molecule has 120 valence electrons. The number of hydrogen-bond donors (Lipinski definition) is 1. The van der Waals surface area contributed by atoms with E-state index in [0.717, 1.165) is 30.6 Å². The number of hydrogen-bond acceptors (Lipinski definition) is 2. The third kappa shape index (κ3) is 2.89. The van der Waals surface area contributed by atoms with Gasteiger partial charge < -0.3 is 14.8 Å². The lowest BCUT2D eigenvalue weighted by molar-refractivity contribution is -0.129. The number of aromatic amines is 1. The van der Waals surface area contributed by atoms with Crippen molar-refractivity contribution in [1.82, 2.24) is 14.8 Å². The van der Waals surface area contributed by atoms with Gasteiger partial charge in [0.1, 0.15) is 0 Å². The average Bonchev–Trinajstić information content (AvgIpc) is 3.19. The van der Waals surface area contributed by atoms with Crippen molar-refractivity contribution in [2.75, 3.05) is 20.1 Å². The molecule has 1 saturated heterocycles. The zero-order valence-electron chi connectivity index (χ0n) is 13.5. The number of carbonyl (C=O) groups excluding carboxylic acids is 2. The topological polar surface area (TPSA) is 56.4 Å². The van der Waals surface area contributed by atoms with Crippen molar-refractivity contribution in [3.05, 3.63) is 23.5 Å². The first-order valence-corrected chi connectivity index (χ1v) is 8.25. The number of likely N-dealkylation sites (tertiary alicyclic amines) is 1. The smallest absolute Gasteiger partial charge is 0.255 e. The number of rotatable bonds is 4. The van der Waals surface area contributed by atoms with Crippen LogP contribution < -0.4 is 0 Å². The van der Waals surface area contributed by atoms with Gasteiger partial charge in [0.25, 0.3) is 5.91 Å². The van der Waals surface area contributed by atoms with Crippen molar-refractivity contribution < 1.29 is 9.59 Å². The van der Waals surface area contributed by atoms with E-state index in [-0.39, 0.29) is 17.7 Å². The van der Waals surface area contributed by atoms with Crippen LogP contribution in [0.3, 0.4) is 0 Å². The summed E-state index contributed by atoms with van der Waals surface area (Å²) in [7, 11) is 1.83. The Morgan fingerprint density at radius 2 is 2.14 bits per heavy atom. The summed E-state index contributed by atoms with van der Waals surface area (Å²) in [6.07, 6.45) is 7.15. The Bertz CT molecular complexity index is 560. The van der Waals surface area contributed by atoms with Crippen LogP contribution in [-0.4, -0.2) is 52.8 Å². The Hall–Kier alpha value is -1.78. The van der Waals surface area contributed by atoms with Gasteiger partial charge >= 0.3 is 0 Å². The van der Waals surface area contributed by atoms with E-state index in [1.165, 1.54) is 12.8 Å². The second-order valence-corrected chi connectivity index (χ2v) is 6.76. The largest absolute Gasteiger partial charge is 0.365 e. The van der Waals surface area contributed by atoms with Crippen LogP contribution in [0.25, 0.3) is 0 Å². The lowest BCUT2D eigenvalue weighted by Crippen LogP contribution is -2.36. The van der Waals surface area contributed by atoms with Gasteiger partial charge in [0, 0.05) is 50.4 Å². The summed E-state index contributed by atoms with van der Waals surface area (Å²) in [6, 6.07) is 2.27. The molecule has 1 atom stereocenters. The van der Waals surface area contributed by atoms with E-state index in [1.54, 1.807) is 11.1 Å². The van der Waals surface area contributed by atoms with Crippen LogP contribution in [0.1, 0.15) is 48.2 Å². The van der Waals surface area contributed by atoms with E-state index in [0.29, 0.717) is 19.0 Å². The van der Waals surface area contributed by atoms with Crippen LogP contribution in [0.15, 0.2) is 12.3 Å². The third-order valence-corrected chi connectivity index (χ3v) is 5.07. The van der Waals surface area contributed by atoms with Crippen LogP contribution in [0.2, 0.25) is 0 Å². The van der Waals surface area contributed by atoms with Crippen molar-refractivity contribution in [3.63, 3.8) is 0 Å². The summed E-state index contributed by atoms with van der Waals surface area (Å²) in [4.78, 5) is 31.5. The highest BCUT2D eigenvalue weighted by molar-refractivity contribution is 5.95. The van der Waals surface area contributed by atoms with E-state index >= 15 is 0 Å². The number of aryl methyl sites for hydroxylation is 1. The van der Waals surface area contributed by atoms with Crippen molar-refractivity contribution in [3.8, 4) is 0 Å². The molecule has 2 fully saturated rings. The summed E-state index contributed by atoms with van der Waals surface area (Å²) in [5.74, 6) is 0.572. The van der Waals surface area contributed by atoms with Crippen LogP contribution >= 0.6 is 0 Å². The molecule has 2 aliphatic rings. The molecule has 2 heterocycles. The Labute approximate surface area is 131 Å². The summed E-state index contributed by atoms with van der Waals surface area (Å²) >= 11 is 0. The first-order valence-electron chi connectivity index (χ1n) is 8.25. The van der Waals surface area contributed by atoms with Crippen molar-refractivity contribution in [2.24, 2.45) is 5.92 Å². The van der Waals surface area contributed by atoms with Crippen molar-refractivity contribution >= 4 is 11.8 Å². The first kappa shape index (κ1) is 15.1. The summed E-state index contributed by atoms with van der Waals surface area (Å²) < 4.78 is 0. The minimum atomic E-state index is 0.0329. The zero-order chi connectivity index (χ0) is 15.7. The molecule has 0 spiro atoms. The van der Waals surface area contributed by atoms with Gasteiger partial charge in [0.2, 0.25) is 5.91 Å².